The van der Waals surface area contributed by atoms with Crippen molar-refractivity contribution in [3.05, 3.63) is 47.7 Å². The van der Waals surface area contributed by atoms with Crippen LogP contribution in [0, 0.1) is 5.92 Å². The van der Waals surface area contributed by atoms with Crippen LogP contribution in [0.1, 0.15) is 29.2 Å². The second-order valence-corrected chi connectivity index (χ2v) is 7.09. The SMILES string of the molecule is C=CCN1C[C@H](C(=O)OC)C[C@@H]2c3cccc4[nH]c(CO)c(c34)C[C@H]21. The molecule has 1 aliphatic heterocycles. The molecule has 2 aromatic rings. The number of hydrogen-bond donors (Lipinski definition) is 2. The van der Waals surface area contributed by atoms with Gasteiger partial charge in [0.2, 0.25) is 0 Å². The molecule has 4 rings (SSSR count). The first-order valence-electron chi connectivity index (χ1n) is 8.83. The number of nitrogens with zero attached hydrogens (tertiary/aromatic N) is 1. The number of carbonyl (C=O) groups is 1. The number of H-pyrrole nitrogens is 1. The van der Waals surface area contributed by atoms with E-state index in [0.29, 0.717) is 12.6 Å². The van der Waals surface area contributed by atoms with Gasteiger partial charge in [0.15, 0.2) is 0 Å². The average molecular weight is 340 g/mol. The van der Waals surface area contributed by atoms with Crippen molar-refractivity contribution < 1.29 is 14.6 Å². The van der Waals surface area contributed by atoms with Crippen molar-refractivity contribution in [3.8, 4) is 0 Å². The van der Waals surface area contributed by atoms with E-state index >= 15 is 0 Å². The van der Waals surface area contributed by atoms with Gasteiger partial charge in [0.05, 0.1) is 19.6 Å². The number of benzene rings is 1. The zero-order chi connectivity index (χ0) is 17.6. The van der Waals surface area contributed by atoms with Gasteiger partial charge >= 0.3 is 5.97 Å². The fourth-order valence-corrected chi connectivity index (χ4v) is 4.81. The quantitative estimate of drug-likeness (QED) is 0.662. The van der Waals surface area contributed by atoms with Crippen molar-refractivity contribution in [2.45, 2.75) is 31.4 Å². The lowest BCUT2D eigenvalue weighted by Crippen LogP contribution is -2.51. The van der Waals surface area contributed by atoms with Crippen molar-refractivity contribution in [2.75, 3.05) is 20.2 Å². The summed E-state index contributed by atoms with van der Waals surface area (Å²) in [5.74, 6) is 0.0474. The molecule has 1 aromatic heterocycles. The lowest BCUT2D eigenvalue weighted by Gasteiger charge is -2.46. The molecule has 1 fully saturated rings. The lowest BCUT2D eigenvalue weighted by molar-refractivity contribution is -0.148. The zero-order valence-electron chi connectivity index (χ0n) is 14.5. The van der Waals surface area contributed by atoms with Gasteiger partial charge in [-0.25, -0.2) is 0 Å². The minimum Gasteiger partial charge on any atom is -0.469 e. The van der Waals surface area contributed by atoms with E-state index in [0.717, 1.165) is 30.6 Å². The number of methoxy groups -OCH3 is 1. The summed E-state index contributed by atoms with van der Waals surface area (Å²) >= 11 is 0. The van der Waals surface area contributed by atoms with Crippen LogP contribution in [-0.4, -0.2) is 47.2 Å². The molecule has 0 spiro atoms. The topological polar surface area (TPSA) is 65.6 Å². The first kappa shape index (κ1) is 16.4. The second kappa shape index (κ2) is 6.32. The number of ether oxygens (including phenoxy) is 1. The van der Waals surface area contributed by atoms with Crippen LogP contribution in [0.5, 0.6) is 0 Å². The predicted molar refractivity (Wildman–Crippen MR) is 96.3 cm³/mol. The third-order valence-electron chi connectivity index (χ3n) is 5.84. The summed E-state index contributed by atoms with van der Waals surface area (Å²) in [4.78, 5) is 17.9. The summed E-state index contributed by atoms with van der Waals surface area (Å²) in [5.41, 5.74) is 4.49. The van der Waals surface area contributed by atoms with E-state index in [1.54, 1.807) is 0 Å². The smallest absolute Gasteiger partial charge is 0.309 e. The van der Waals surface area contributed by atoms with Crippen molar-refractivity contribution in [1.82, 2.24) is 9.88 Å². The van der Waals surface area contributed by atoms with E-state index < -0.39 is 0 Å². The fraction of sp³-hybridized carbons (Fsp3) is 0.450. The largest absolute Gasteiger partial charge is 0.469 e. The highest BCUT2D eigenvalue weighted by Gasteiger charge is 2.43. The highest BCUT2D eigenvalue weighted by Crippen LogP contribution is 2.45. The normalized spacial score (nSPS) is 25.6. The fourth-order valence-electron chi connectivity index (χ4n) is 4.81. The summed E-state index contributed by atoms with van der Waals surface area (Å²) in [7, 11) is 1.46. The Balaban J connectivity index is 1.82. The number of aliphatic hydroxyl groups is 1. The number of likely N-dealkylation sites (tertiary alicyclic amines) is 1. The number of carbonyl (C=O) groups excluding carboxylic acids is 1. The molecule has 0 saturated carbocycles. The Labute approximate surface area is 147 Å². The number of aliphatic hydroxyl groups excluding tert-OH is 1. The Kier molecular flexibility index (Phi) is 4.13. The van der Waals surface area contributed by atoms with Crippen LogP contribution >= 0.6 is 0 Å². The Hall–Kier alpha value is -2.11. The van der Waals surface area contributed by atoms with Crippen LogP contribution in [-0.2, 0) is 22.6 Å². The maximum Gasteiger partial charge on any atom is 0.309 e. The van der Waals surface area contributed by atoms with Gasteiger partial charge in [0, 0.05) is 41.6 Å². The third kappa shape index (κ3) is 2.50. The second-order valence-electron chi connectivity index (χ2n) is 7.09. The molecule has 0 unspecified atom stereocenters. The van der Waals surface area contributed by atoms with Gasteiger partial charge in [-0.1, -0.05) is 18.2 Å². The number of aromatic amines is 1. The van der Waals surface area contributed by atoms with Gasteiger partial charge in [0.1, 0.15) is 0 Å². The van der Waals surface area contributed by atoms with Crippen LogP contribution in [0.4, 0.5) is 0 Å². The van der Waals surface area contributed by atoms with E-state index in [4.69, 9.17) is 4.74 Å². The molecule has 25 heavy (non-hydrogen) atoms. The van der Waals surface area contributed by atoms with Gasteiger partial charge < -0.3 is 14.8 Å². The lowest BCUT2D eigenvalue weighted by atomic mass is 9.72. The zero-order valence-corrected chi connectivity index (χ0v) is 14.5. The summed E-state index contributed by atoms with van der Waals surface area (Å²) in [6, 6.07) is 6.60. The average Bonchev–Trinajstić information content (AvgIpc) is 3.01. The molecule has 0 bridgehead atoms. The van der Waals surface area contributed by atoms with Gasteiger partial charge in [-0.3, -0.25) is 9.69 Å². The minimum absolute atomic E-state index is 0.0209. The van der Waals surface area contributed by atoms with E-state index in [1.165, 1.54) is 23.6 Å². The molecule has 0 amide bonds. The van der Waals surface area contributed by atoms with Crippen molar-refractivity contribution in [1.29, 1.82) is 0 Å². The van der Waals surface area contributed by atoms with E-state index in [9.17, 15) is 9.90 Å². The molecular weight excluding hydrogens is 316 g/mol. The molecule has 5 heteroatoms. The number of hydrogen-bond acceptors (Lipinski definition) is 4. The number of esters is 1. The summed E-state index contributed by atoms with van der Waals surface area (Å²) in [5, 5.41) is 11.0. The Morgan fingerprint density at radius 2 is 2.36 bits per heavy atom. The number of rotatable bonds is 4. The molecule has 1 aromatic carbocycles. The Morgan fingerprint density at radius 3 is 3.08 bits per heavy atom. The van der Waals surface area contributed by atoms with Crippen LogP contribution in [0.15, 0.2) is 30.9 Å². The molecule has 1 aliphatic carbocycles. The minimum atomic E-state index is -0.129. The standard InChI is InChI=1S/C20H24N2O3/c1-3-7-22-10-12(20(24)25-2)8-14-13-5-4-6-16-19(13)15(9-18(14)22)17(11-23)21-16/h3-6,12,14,18,21,23H,1,7-11H2,2H3/t12-,14-,18-/m1/s1. The first-order valence-corrected chi connectivity index (χ1v) is 8.83. The van der Waals surface area contributed by atoms with Gasteiger partial charge in [0.25, 0.3) is 0 Å². The Morgan fingerprint density at radius 1 is 1.52 bits per heavy atom. The maximum atomic E-state index is 12.2. The molecule has 5 nitrogen and oxygen atoms in total. The summed E-state index contributed by atoms with van der Waals surface area (Å²) in [6.45, 7) is 5.35. The van der Waals surface area contributed by atoms with Gasteiger partial charge in [-0.15, -0.1) is 6.58 Å². The number of aromatic nitrogens is 1. The maximum absolute atomic E-state index is 12.2. The van der Waals surface area contributed by atoms with E-state index in [-0.39, 0.29) is 24.4 Å². The highest BCUT2D eigenvalue weighted by molar-refractivity contribution is 5.90. The van der Waals surface area contributed by atoms with Gasteiger partial charge in [-0.2, -0.15) is 0 Å². The van der Waals surface area contributed by atoms with Crippen LogP contribution in [0.25, 0.3) is 10.9 Å². The van der Waals surface area contributed by atoms with Crippen LogP contribution in [0.3, 0.4) is 0 Å². The number of fused-ring (bicyclic) bond motifs is 2. The van der Waals surface area contributed by atoms with E-state index in [2.05, 4.69) is 34.7 Å². The molecule has 1 saturated heterocycles. The molecule has 2 N–H and O–H groups in total. The summed E-state index contributed by atoms with van der Waals surface area (Å²) in [6.07, 6.45) is 3.60. The predicted octanol–water partition coefficient (Wildman–Crippen LogP) is 2.35. The monoisotopic (exact) mass is 340 g/mol. The first-order chi connectivity index (χ1) is 12.2. The van der Waals surface area contributed by atoms with E-state index in [1.807, 2.05) is 6.08 Å². The molecule has 132 valence electrons. The molecule has 2 heterocycles. The third-order valence-corrected chi connectivity index (χ3v) is 5.84. The molecule has 0 radical (unpaired) electrons. The summed E-state index contributed by atoms with van der Waals surface area (Å²) < 4.78 is 5.03. The van der Waals surface area contributed by atoms with Crippen LogP contribution in [0.2, 0.25) is 0 Å². The van der Waals surface area contributed by atoms with Crippen molar-refractivity contribution >= 4 is 16.9 Å². The molecule has 2 aliphatic rings. The van der Waals surface area contributed by atoms with Crippen molar-refractivity contribution in [3.63, 3.8) is 0 Å². The highest BCUT2D eigenvalue weighted by atomic mass is 16.5. The van der Waals surface area contributed by atoms with Crippen LogP contribution < -0.4 is 0 Å². The molecule has 3 atom stereocenters. The molecular formula is C20H24N2O3. The van der Waals surface area contributed by atoms with Gasteiger partial charge in [-0.05, 0) is 30.0 Å². The number of nitrogens with one attached hydrogen (secondary N) is 1. The van der Waals surface area contributed by atoms with Crippen molar-refractivity contribution in [2.24, 2.45) is 5.92 Å². The Bertz CT molecular complexity index is 826. The number of piperidine rings is 1.